The molecule has 0 saturated heterocycles. The number of aliphatic carboxylic acids is 1. The van der Waals surface area contributed by atoms with Crippen LogP contribution in [-0.2, 0) is 17.6 Å². The molecule has 0 fully saturated rings. The highest BCUT2D eigenvalue weighted by molar-refractivity contribution is 7.12. The van der Waals surface area contributed by atoms with Gasteiger partial charge in [-0.3, -0.25) is 10.1 Å². The Morgan fingerprint density at radius 2 is 2.05 bits per heavy atom. The fourth-order valence-corrected chi connectivity index (χ4v) is 4.09. The van der Waals surface area contributed by atoms with E-state index in [1.807, 2.05) is 11.3 Å². The summed E-state index contributed by atoms with van der Waals surface area (Å²) in [6.07, 6.45) is 5.63. The highest BCUT2D eigenvalue weighted by Gasteiger charge is 2.23. The molecule has 2 rings (SSSR count). The van der Waals surface area contributed by atoms with Crippen molar-refractivity contribution in [2.45, 2.75) is 65.0 Å². The smallest absolute Gasteiger partial charge is 0.320 e. The van der Waals surface area contributed by atoms with E-state index in [9.17, 15) is 9.90 Å². The first kappa shape index (κ1) is 15.5. The Kier molecular flexibility index (Phi) is 5.22. The van der Waals surface area contributed by atoms with Crippen molar-refractivity contribution in [3.8, 4) is 0 Å². The second-order valence-corrected chi connectivity index (χ2v) is 7.38. The molecule has 1 aromatic heterocycles. The lowest BCUT2D eigenvalue weighted by Crippen LogP contribution is -2.39. The second-order valence-electron chi connectivity index (χ2n) is 6.21. The minimum Gasteiger partial charge on any atom is -0.480 e. The standard InChI is InChI=1S/C16H25NO2S/c1-10(2)8-13(16(18)19)17-11(3)15-9-12-6-4-5-7-14(12)20-15/h9-11,13,17H,4-8H2,1-3H3,(H,18,19). The third-order valence-electron chi connectivity index (χ3n) is 3.90. The first-order chi connectivity index (χ1) is 9.47. The molecule has 0 bridgehead atoms. The number of carboxylic acids is 1. The van der Waals surface area contributed by atoms with E-state index >= 15 is 0 Å². The quantitative estimate of drug-likeness (QED) is 0.839. The largest absolute Gasteiger partial charge is 0.480 e. The lowest BCUT2D eigenvalue weighted by molar-refractivity contribution is -0.140. The first-order valence-corrected chi connectivity index (χ1v) is 8.39. The Bertz CT molecular complexity index is 444. The highest BCUT2D eigenvalue weighted by atomic mass is 32.1. The zero-order valence-electron chi connectivity index (χ0n) is 12.6. The summed E-state index contributed by atoms with van der Waals surface area (Å²) in [7, 11) is 0. The number of rotatable bonds is 6. The predicted molar refractivity (Wildman–Crippen MR) is 83.4 cm³/mol. The van der Waals surface area contributed by atoms with E-state index in [2.05, 4.69) is 32.2 Å². The van der Waals surface area contributed by atoms with Crippen LogP contribution in [0.3, 0.4) is 0 Å². The Balaban J connectivity index is 2.04. The highest BCUT2D eigenvalue weighted by Crippen LogP contribution is 2.33. The Hall–Kier alpha value is -0.870. The summed E-state index contributed by atoms with van der Waals surface area (Å²) in [5.74, 6) is -0.362. The third-order valence-corrected chi connectivity index (χ3v) is 5.32. The molecule has 2 atom stereocenters. The van der Waals surface area contributed by atoms with Gasteiger partial charge in [0.2, 0.25) is 0 Å². The Labute approximate surface area is 125 Å². The molecule has 1 aliphatic carbocycles. The molecule has 0 aliphatic heterocycles. The predicted octanol–water partition coefficient (Wildman–Crippen LogP) is 3.78. The van der Waals surface area contributed by atoms with E-state index in [1.54, 1.807) is 0 Å². The number of carboxylic acid groups (broad SMARTS) is 1. The molecule has 4 heteroatoms. The molecule has 3 nitrogen and oxygen atoms in total. The molecule has 0 aromatic carbocycles. The van der Waals surface area contributed by atoms with Gasteiger partial charge in [-0.05, 0) is 56.6 Å². The summed E-state index contributed by atoms with van der Waals surface area (Å²) in [6, 6.07) is 1.94. The van der Waals surface area contributed by atoms with Crippen molar-refractivity contribution in [3.63, 3.8) is 0 Å². The average Bonchev–Trinajstić information content (AvgIpc) is 2.81. The van der Waals surface area contributed by atoms with Crippen molar-refractivity contribution in [1.29, 1.82) is 0 Å². The van der Waals surface area contributed by atoms with E-state index in [0.29, 0.717) is 12.3 Å². The van der Waals surface area contributed by atoms with Crippen LogP contribution in [-0.4, -0.2) is 17.1 Å². The monoisotopic (exact) mass is 295 g/mol. The van der Waals surface area contributed by atoms with Gasteiger partial charge < -0.3 is 5.11 Å². The Morgan fingerprint density at radius 3 is 2.65 bits per heavy atom. The molecule has 2 unspecified atom stereocenters. The first-order valence-electron chi connectivity index (χ1n) is 7.57. The maximum absolute atomic E-state index is 11.3. The molecule has 20 heavy (non-hydrogen) atoms. The maximum Gasteiger partial charge on any atom is 0.320 e. The molecular weight excluding hydrogens is 270 g/mol. The van der Waals surface area contributed by atoms with Gasteiger partial charge >= 0.3 is 5.97 Å². The molecule has 1 aromatic rings. The SMILES string of the molecule is CC(C)CC(NC(C)c1cc2c(s1)CCCC2)C(=O)O. The lowest BCUT2D eigenvalue weighted by atomic mass is 9.98. The summed E-state index contributed by atoms with van der Waals surface area (Å²) < 4.78 is 0. The fourth-order valence-electron chi connectivity index (χ4n) is 2.82. The normalized spacial score (nSPS) is 17.8. The van der Waals surface area contributed by atoms with Crippen molar-refractivity contribution < 1.29 is 9.90 Å². The minimum absolute atomic E-state index is 0.116. The van der Waals surface area contributed by atoms with Crippen LogP contribution in [0.5, 0.6) is 0 Å². The average molecular weight is 295 g/mol. The van der Waals surface area contributed by atoms with Crippen LogP contribution in [0.1, 0.15) is 61.4 Å². The van der Waals surface area contributed by atoms with Crippen molar-refractivity contribution in [2.24, 2.45) is 5.92 Å². The van der Waals surface area contributed by atoms with Gasteiger partial charge in [0.1, 0.15) is 6.04 Å². The van der Waals surface area contributed by atoms with Crippen LogP contribution in [0.2, 0.25) is 0 Å². The lowest BCUT2D eigenvalue weighted by Gasteiger charge is -2.20. The maximum atomic E-state index is 11.3. The van der Waals surface area contributed by atoms with Crippen LogP contribution in [0.4, 0.5) is 0 Å². The number of nitrogens with one attached hydrogen (secondary N) is 1. The zero-order valence-corrected chi connectivity index (χ0v) is 13.4. The third kappa shape index (κ3) is 3.83. The summed E-state index contributed by atoms with van der Waals surface area (Å²) in [4.78, 5) is 14.1. The van der Waals surface area contributed by atoms with Gasteiger partial charge in [-0.2, -0.15) is 0 Å². The molecule has 2 N–H and O–H groups in total. The number of fused-ring (bicyclic) bond motifs is 1. The summed E-state index contributed by atoms with van der Waals surface area (Å²) in [5.41, 5.74) is 1.49. The molecule has 0 saturated carbocycles. The summed E-state index contributed by atoms with van der Waals surface area (Å²) >= 11 is 1.86. The van der Waals surface area contributed by atoms with Gasteiger partial charge in [0.15, 0.2) is 0 Å². The molecule has 1 aliphatic rings. The molecule has 1 heterocycles. The van der Waals surface area contributed by atoms with Gasteiger partial charge in [-0.25, -0.2) is 0 Å². The van der Waals surface area contributed by atoms with Crippen molar-refractivity contribution >= 4 is 17.3 Å². The number of thiophene rings is 1. The molecular formula is C16H25NO2S. The summed E-state index contributed by atoms with van der Waals surface area (Å²) in [5, 5.41) is 12.6. The number of carbonyl (C=O) groups is 1. The van der Waals surface area contributed by atoms with Gasteiger partial charge in [-0.15, -0.1) is 11.3 Å². The van der Waals surface area contributed by atoms with Crippen molar-refractivity contribution in [1.82, 2.24) is 5.32 Å². The van der Waals surface area contributed by atoms with Crippen molar-refractivity contribution in [3.05, 3.63) is 21.4 Å². The van der Waals surface area contributed by atoms with Gasteiger partial charge in [0.25, 0.3) is 0 Å². The van der Waals surface area contributed by atoms with Crippen LogP contribution in [0.15, 0.2) is 6.07 Å². The fraction of sp³-hybridized carbons (Fsp3) is 0.688. The van der Waals surface area contributed by atoms with E-state index in [0.717, 1.165) is 0 Å². The van der Waals surface area contributed by atoms with E-state index in [1.165, 1.54) is 41.0 Å². The molecule has 0 spiro atoms. The minimum atomic E-state index is -0.744. The molecule has 0 radical (unpaired) electrons. The number of aryl methyl sites for hydroxylation is 2. The van der Waals surface area contributed by atoms with E-state index in [4.69, 9.17) is 0 Å². The summed E-state index contributed by atoms with van der Waals surface area (Å²) in [6.45, 7) is 6.20. The number of hydrogen-bond acceptors (Lipinski definition) is 3. The van der Waals surface area contributed by atoms with E-state index in [-0.39, 0.29) is 6.04 Å². The molecule has 112 valence electrons. The van der Waals surface area contributed by atoms with Crippen LogP contribution < -0.4 is 5.32 Å². The van der Waals surface area contributed by atoms with Crippen molar-refractivity contribution in [2.75, 3.05) is 0 Å². The second kappa shape index (κ2) is 6.72. The topological polar surface area (TPSA) is 49.3 Å². The van der Waals surface area contributed by atoms with Crippen LogP contribution in [0, 0.1) is 5.92 Å². The zero-order chi connectivity index (χ0) is 14.7. The molecule has 0 amide bonds. The van der Waals surface area contributed by atoms with Crippen LogP contribution >= 0.6 is 11.3 Å². The number of hydrogen-bond donors (Lipinski definition) is 2. The van der Waals surface area contributed by atoms with E-state index < -0.39 is 12.0 Å². The van der Waals surface area contributed by atoms with Gasteiger partial charge in [0, 0.05) is 15.8 Å². The Morgan fingerprint density at radius 1 is 1.35 bits per heavy atom. The van der Waals surface area contributed by atoms with Gasteiger partial charge in [0.05, 0.1) is 0 Å². The van der Waals surface area contributed by atoms with Crippen LogP contribution in [0.25, 0.3) is 0 Å². The van der Waals surface area contributed by atoms with Gasteiger partial charge in [-0.1, -0.05) is 13.8 Å².